The second-order valence-electron chi connectivity index (χ2n) is 6.79. The molecule has 1 aliphatic heterocycles. The largest absolute Gasteiger partial charge is 0.444 e. The van der Waals surface area contributed by atoms with Crippen molar-refractivity contribution in [3.05, 3.63) is 0 Å². The molecule has 1 aliphatic rings. The van der Waals surface area contributed by atoms with E-state index in [-0.39, 0.29) is 12.8 Å². The van der Waals surface area contributed by atoms with Crippen LogP contribution in [-0.2, 0) is 24.0 Å². The number of amides is 3. The molecule has 1 saturated heterocycles. The van der Waals surface area contributed by atoms with Gasteiger partial charge < -0.3 is 20.2 Å². The average molecular weight is 357 g/mol. The minimum atomic E-state index is -1.01. The van der Waals surface area contributed by atoms with Crippen molar-refractivity contribution in [2.75, 3.05) is 13.6 Å². The Kier molecular flexibility index (Phi) is 7.82. The molecule has 1 heterocycles. The van der Waals surface area contributed by atoms with Crippen LogP contribution in [0.4, 0.5) is 4.79 Å². The summed E-state index contributed by atoms with van der Waals surface area (Å²) < 4.78 is 5.14. The molecular formula is C16H27N3O6. The molecule has 0 bridgehead atoms. The lowest BCUT2D eigenvalue weighted by molar-refractivity contribution is -0.199. The third kappa shape index (κ3) is 7.51. The lowest BCUT2D eigenvalue weighted by Gasteiger charge is -2.23. The van der Waals surface area contributed by atoms with Crippen LogP contribution >= 0.6 is 0 Å². The number of rotatable bonds is 8. The average Bonchev–Trinajstić information content (AvgIpc) is 2.80. The van der Waals surface area contributed by atoms with Crippen LogP contribution in [0.1, 0.15) is 52.9 Å². The maximum atomic E-state index is 12.3. The van der Waals surface area contributed by atoms with Gasteiger partial charge in [-0.05, 0) is 53.6 Å². The summed E-state index contributed by atoms with van der Waals surface area (Å²) in [5, 5.41) is 5.91. The molecule has 0 aromatic heterocycles. The van der Waals surface area contributed by atoms with Gasteiger partial charge in [-0.1, -0.05) is 0 Å². The first kappa shape index (κ1) is 20.9. The lowest BCUT2D eigenvalue weighted by Crippen LogP contribution is -2.46. The zero-order valence-electron chi connectivity index (χ0n) is 15.2. The number of alkyl carbamates (subject to hydrolysis) is 1. The van der Waals surface area contributed by atoms with E-state index in [4.69, 9.17) is 9.57 Å². The molecule has 0 spiro atoms. The van der Waals surface area contributed by atoms with Gasteiger partial charge in [-0.2, -0.15) is 0 Å². The van der Waals surface area contributed by atoms with Gasteiger partial charge in [-0.3, -0.25) is 9.59 Å². The summed E-state index contributed by atoms with van der Waals surface area (Å²) in [4.78, 5) is 52.2. The maximum absolute atomic E-state index is 12.3. The zero-order valence-corrected chi connectivity index (χ0v) is 15.2. The van der Waals surface area contributed by atoms with Crippen LogP contribution in [0.15, 0.2) is 0 Å². The molecule has 25 heavy (non-hydrogen) atoms. The summed E-state index contributed by atoms with van der Waals surface area (Å²) in [6, 6.07) is -1.01. The van der Waals surface area contributed by atoms with E-state index in [1.807, 2.05) is 7.05 Å². The van der Waals surface area contributed by atoms with Crippen LogP contribution in [0.3, 0.4) is 0 Å². The molecule has 1 rings (SSSR count). The summed E-state index contributed by atoms with van der Waals surface area (Å²) >= 11 is 0. The van der Waals surface area contributed by atoms with E-state index in [2.05, 4.69) is 10.6 Å². The molecule has 1 fully saturated rings. The SMILES string of the molecule is CNCCCC[C@H](NC(=O)OC(C)(C)C)C(=O)ON1C(=O)CCC1=O. The fraction of sp³-hybridized carbons (Fsp3) is 0.750. The first-order valence-electron chi connectivity index (χ1n) is 8.35. The van der Waals surface area contributed by atoms with E-state index in [1.165, 1.54) is 0 Å². The van der Waals surface area contributed by atoms with E-state index >= 15 is 0 Å². The minimum absolute atomic E-state index is 0.0123. The van der Waals surface area contributed by atoms with E-state index in [0.717, 1.165) is 13.0 Å². The Balaban J connectivity index is 2.67. The van der Waals surface area contributed by atoms with Gasteiger partial charge in [0.25, 0.3) is 11.8 Å². The second-order valence-corrected chi connectivity index (χ2v) is 6.79. The molecule has 0 aliphatic carbocycles. The maximum Gasteiger partial charge on any atom is 0.408 e. The van der Waals surface area contributed by atoms with Crippen molar-refractivity contribution in [1.29, 1.82) is 0 Å². The molecule has 0 aromatic rings. The highest BCUT2D eigenvalue weighted by atomic mass is 16.7. The fourth-order valence-corrected chi connectivity index (χ4v) is 2.16. The van der Waals surface area contributed by atoms with Gasteiger partial charge in [0, 0.05) is 12.8 Å². The number of unbranched alkanes of at least 4 members (excludes halogenated alkanes) is 1. The molecule has 3 amide bonds. The normalized spacial score (nSPS) is 15.9. The van der Waals surface area contributed by atoms with Crippen LogP contribution in [0, 0.1) is 0 Å². The monoisotopic (exact) mass is 357 g/mol. The number of carbonyl (C=O) groups is 4. The van der Waals surface area contributed by atoms with E-state index < -0.39 is 35.5 Å². The number of nitrogens with one attached hydrogen (secondary N) is 2. The van der Waals surface area contributed by atoms with E-state index in [1.54, 1.807) is 20.8 Å². The lowest BCUT2D eigenvalue weighted by atomic mass is 10.1. The number of ether oxygens (including phenoxy) is 1. The Bertz CT molecular complexity index is 498. The van der Waals surface area contributed by atoms with E-state index in [0.29, 0.717) is 17.9 Å². The summed E-state index contributed by atoms with van der Waals surface area (Å²) in [5.74, 6) is -1.99. The molecule has 0 saturated carbocycles. The number of nitrogens with zero attached hydrogens (tertiary/aromatic N) is 1. The van der Waals surface area contributed by atoms with Crippen molar-refractivity contribution in [2.24, 2.45) is 0 Å². The Morgan fingerprint density at radius 3 is 2.28 bits per heavy atom. The van der Waals surface area contributed by atoms with Gasteiger partial charge in [0.05, 0.1) is 0 Å². The first-order chi connectivity index (χ1) is 11.6. The smallest absolute Gasteiger partial charge is 0.408 e. The minimum Gasteiger partial charge on any atom is -0.444 e. The van der Waals surface area contributed by atoms with Crippen LogP contribution < -0.4 is 10.6 Å². The van der Waals surface area contributed by atoms with Crippen molar-refractivity contribution in [3.63, 3.8) is 0 Å². The summed E-state index contributed by atoms with van der Waals surface area (Å²) in [6.07, 6.45) is 0.991. The number of hydroxylamine groups is 2. The van der Waals surface area contributed by atoms with Gasteiger partial charge in [0.2, 0.25) is 0 Å². The Hall–Kier alpha value is -2.16. The van der Waals surface area contributed by atoms with Gasteiger partial charge in [-0.25, -0.2) is 9.59 Å². The molecule has 9 nitrogen and oxygen atoms in total. The number of carbonyl (C=O) groups excluding carboxylic acids is 4. The number of hydrogen-bond acceptors (Lipinski definition) is 7. The summed E-state index contributed by atoms with van der Waals surface area (Å²) in [7, 11) is 1.81. The third-order valence-corrected chi connectivity index (χ3v) is 3.33. The molecule has 2 N–H and O–H groups in total. The van der Waals surface area contributed by atoms with Crippen molar-refractivity contribution in [3.8, 4) is 0 Å². The van der Waals surface area contributed by atoms with Gasteiger partial charge in [-0.15, -0.1) is 5.06 Å². The van der Waals surface area contributed by atoms with Crippen molar-refractivity contribution < 1.29 is 28.8 Å². The number of imide groups is 1. The molecule has 0 radical (unpaired) electrons. The van der Waals surface area contributed by atoms with Crippen LogP contribution in [0.5, 0.6) is 0 Å². The van der Waals surface area contributed by atoms with Crippen LogP contribution in [0.2, 0.25) is 0 Å². The van der Waals surface area contributed by atoms with Gasteiger partial charge in [0.1, 0.15) is 11.6 Å². The molecule has 9 heteroatoms. The van der Waals surface area contributed by atoms with Crippen LogP contribution in [0.25, 0.3) is 0 Å². The zero-order chi connectivity index (χ0) is 19.0. The predicted octanol–water partition coefficient (Wildman–Crippen LogP) is 0.877. The predicted molar refractivity (Wildman–Crippen MR) is 88.1 cm³/mol. The molecule has 1 atom stereocenters. The third-order valence-electron chi connectivity index (χ3n) is 3.33. The standard InChI is InChI=1S/C16H27N3O6/c1-16(2,3)24-15(23)18-11(7-5-6-10-17-4)14(22)25-19-12(20)8-9-13(19)21/h11,17H,5-10H2,1-4H3,(H,18,23)/t11-/m0/s1. The highest BCUT2D eigenvalue weighted by Crippen LogP contribution is 2.14. The topological polar surface area (TPSA) is 114 Å². The Morgan fingerprint density at radius 1 is 1.16 bits per heavy atom. The molecular weight excluding hydrogens is 330 g/mol. The Labute approximate surface area is 147 Å². The highest BCUT2D eigenvalue weighted by Gasteiger charge is 2.35. The molecule has 0 aromatic carbocycles. The van der Waals surface area contributed by atoms with Gasteiger partial charge in [0.15, 0.2) is 0 Å². The molecule has 142 valence electrons. The highest BCUT2D eigenvalue weighted by molar-refractivity contribution is 6.01. The second kappa shape index (κ2) is 9.36. The Morgan fingerprint density at radius 2 is 1.76 bits per heavy atom. The van der Waals surface area contributed by atoms with Crippen molar-refractivity contribution in [1.82, 2.24) is 15.7 Å². The van der Waals surface area contributed by atoms with Gasteiger partial charge >= 0.3 is 12.1 Å². The summed E-state index contributed by atoms with van der Waals surface area (Å²) in [6.45, 7) is 5.87. The summed E-state index contributed by atoms with van der Waals surface area (Å²) in [5.41, 5.74) is -0.717. The number of hydrogen-bond donors (Lipinski definition) is 2. The molecule has 0 unspecified atom stereocenters. The van der Waals surface area contributed by atoms with Crippen LogP contribution in [-0.4, -0.2) is 54.2 Å². The first-order valence-corrected chi connectivity index (χ1v) is 8.35. The van der Waals surface area contributed by atoms with E-state index in [9.17, 15) is 19.2 Å². The van der Waals surface area contributed by atoms with Crippen molar-refractivity contribution >= 4 is 23.9 Å². The quantitative estimate of drug-likeness (QED) is 0.489. The fourth-order valence-electron chi connectivity index (χ4n) is 2.16. The van der Waals surface area contributed by atoms with Crippen molar-refractivity contribution in [2.45, 2.75) is 64.5 Å².